The van der Waals surface area contributed by atoms with Crippen molar-refractivity contribution in [3.8, 4) is 0 Å². The number of benzene rings is 1. The SMILES string of the molecule is O=C(O)c1cn(C(F)F)c2ccccc2c1=O. The van der Waals surface area contributed by atoms with E-state index in [-0.39, 0.29) is 10.9 Å². The van der Waals surface area contributed by atoms with Crippen LogP contribution in [0.4, 0.5) is 8.78 Å². The summed E-state index contributed by atoms with van der Waals surface area (Å²) >= 11 is 0. The summed E-state index contributed by atoms with van der Waals surface area (Å²) in [5.74, 6) is -1.52. The highest BCUT2D eigenvalue weighted by molar-refractivity contribution is 5.92. The first-order valence-corrected chi connectivity index (χ1v) is 4.67. The number of rotatable bonds is 2. The van der Waals surface area contributed by atoms with Gasteiger partial charge in [0.25, 0.3) is 0 Å². The van der Waals surface area contributed by atoms with Crippen molar-refractivity contribution in [1.29, 1.82) is 0 Å². The molecule has 0 saturated carbocycles. The van der Waals surface area contributed by atoms with E-state index in [4.69, 9.17) is 5.11 Å². The number of pyridine rings is 1. The van der Waals surface area contributed by atoms with Crippen LogP contribution in [0.25, 0.3) is 10.9 Å². The van der Waals surface area contributed by atoms with Crippen molar-refractivity contribution < 1.29 is 18.7 Å². The largest absolute Gasteiger partial charge is 0.477 e. The molecule has 0 atom stereocenters. The van der Waals surface area contributed by atoms with Crippen LogP contribution in [-0.2, 0) is 0 Å². The van der Waals surface area contributed by atoms with Crippen molar-refractivity contribution in [2.24, 2.45) is 0 Å². The van der Waals surface area contributed by atoms with Gasteiger partial charge in [-0.1, -0.05) is 12.1 Å². The van der Waals surface area contributed by atoms with E-state index >= 15 is 0 Å². The van der Waals surface area contributed by atoms with E-state index < -0.39 is 23.5 Å². The second kappa shape index (κ2) is 3.97. The monoisotopic (exact) mass is 239 g/mol. The first-order chi connectivity index (χ1) is 8.02. The van der Waals surface area contributed by atoms with E-state index in [1.165, 1.54) is 24.3 Å². The normalized spacial score (nSPS) is 11.0. The van der Waals surface area contributed by atoms with Gasteiger partial charge in [-0.2, -0.15) is 8.78 Å². The predicted molar refractivity (Wildman–Crippen MR) is 56.4 cm³/mol. The lowest BCUT2D eigenvalue weighted by Crippen LogP contribution is -2.19. The predicted octanol–water partition coefficient (Wildman–Crippen LogP) is 2.09. The summed E-state index contributed by atoms with van der Waals surface area (Å²) in [6.45, 7) is -2.90. The molecular weight excluding hydrogens is 232 g/mol. The summed E-state index contributed by atoms with van der Waals surface area (Å²) in [4.78, 5) is 22.5. The molecule has 0 radical (unpaired) electrons. The zero-order valence-corrected chi connectivity index (χ0v) is 8.43. The van der Waals surface area contributed by atoms with Gasteiger partial charge in [0.1, 0.15) is 5.56 Å². The van der Waals surface area contributed by atoms with E-state index in [1.54, 1.807) is 0 Å². The molecule has 6 heteroatoms. The van der Waals surface area contributed by atoms with E-state index in [0.717, 1.165) is 0 Å². The minimum Gasteiger partial charge on any atom is -0.477 e. The quantitative estimate of drug-likeness (QED) is 0.872. The molecule has 0 aliphatic heterocycles. The van der Waals surface area contributed by atoms with Gasteiger partial charge in [0.2, 0.25) is 5.43 Å². The highest BCUT2D eigenvalue weighted by Gasteiger charge is 2.17. The molecule has 1 N–H and O–H groups in total. The van der Waals surface area contributed by atoms with Gasteiger partial charge >= 0.3 is 12.5 Å². The third kappa shape index (κ3) is 1.77. The van der Waals surface area contributed by atoms with Crippen molar-refractivity contribution in [2.45, 2.75) is 6.55 Å². The molecular formula is C11H7F2NO3. The van der Waals surface area contributed by atoms with Crippen molar-refractivity contribution in [1.82, 2.24) is 4.57 Å². The number of carbonyl (C=O) groups is 1. The van der Waals surface area contributed by atoms with Crippen LogP contribution >= 0.6 is 0 Å². The van der Waals surface area contributed by atoms with Crippen LogP contribution in [0.3, 0.4) is 0 Å². The summed E-state index contributed by atoms with van der Waals surface area (Å²) < 4.78 is 26.0. The number of hydrogen-bond donors (Lipinski definition) is 1. The number of halogens is 2. The molecule has 0 fully saturated rings. The maximum Gasteiger partial charge on any atom is 0.341 e. The average Bonchev–Trinajstić information content (AvgIpc) is 2.29. The number of carboxylic acids is 1. The summed E-state index contributed by atoms with van der Waals surface area (Å²) in [5.41, 5.74) is -1.41. The highest BCUT2D eigenvalue weighted by atomic mass is 19.3. The van der Waals surface area contributed by atoms with Crippen molar-refractivity contribution in [3.63, 3.8) is 0 Å². The Labute approximate surface area is 93.7 Å². The number of nitrogens with zero attached hydrogens (tertiary/aromatic N) is 1. The first-order valence-electron chi connectivity index (χ1n) is 4.67. The lowest BCUT2D eigenvalue weighted by Gasteiger charge is -2.10. The zero-order valence-electron chi connectivity index (χ0n) is 8.43. The van der Waals surface area contributed by atoms with Gasteiger partial charge in [-0.15, -0.1) is 0 Å². The van der Waals surface area contributed by atoms with E-state index in [2.05, 4.69) is 0 Å². The molecule has 1 aromatic heterocycles. The topological polar surface area (TPSA) is 59.3 Å². The zero-order chi connectivity index (χ0) is 12.6. The van der Waals surface area contributed by atoms with Crippen LogP contribution in [0, 0.1) is 0 Å². The van der Waals surface area contributed by atoms with Gasteiger partial charge in [0.15, 0.2) is 0 Å². The molecule has 0 aliphatic carbocycles. The smallest absolute Gasteiger partial charge is 0.341 e. The maximum atomic E-state index is 12.7. The third-order valence-corrected chi connectivity index (χ3v) is 2.38. The second-order valence-electron chi connectivity index (χ2n) is 3.38. The van der Waals surface area contributed by atoms with Gasteiger partial charge in [-0.3, -0.25) is 9.36 Å². The van der Waals surface area contributed by atoms with Gasteiger partial charge in [0.05, 0.1) is 5.52 Å². The highest BCUT2D eigenvalue weighted by Crippen LogP contribution is 2.18. The number of aromatic nitrogens is 1. The summed E-state index contributed by atoms with van der Waals surface area (Å²) in [6.07, 6.45) is 0.664. The van der Waals surface area contributed by atoms with Crippen LogP contribution in [0.2, 0.25) is 0 Å². The van der Waals surface area contributed by atoms with Gasteiger partial charge in [-0.05, 0) is 12.1 Å². The Balaban J connectivity index is 2.95. The minimum atomic E-state index is -2.90. The molecule has 17 heavy (non-hydrogen) atoms. The third-order valence-electron chi connectivity index (χ3n) is 2.38. The number of hydrogen-bond acceptors (Lipinski definition) is 2. The summed E-state index contributed by atoms with van der Waals surface area (Å²) in [6, 6.07) is 5.66. The van der Waals surface area contributed by atoms with Crippen LogP contribution < -0.4 is 5.43 Å². The Morgan fingerprint density at radius 1 is 1.29 bits per heavy atom. The molecule has 2 aromatic rings. The van der Waals surface area contributed by atoms with E-state index in [1.807, 2.05) is 0 Å². The molecule has 0 amide bonds. The number of fused-ring (bicyclic) bond motifs is 1. The fraction of sp³-hybridized carbons (Fsp3) is 0.0909. The number of para-hydroxylation sites is 1. The fourth-order valence-corrected chi connectivity index (χ4v) is 1.62. The standard InChI is InChI=1S/C11H7F2NO3/c12-11(13)14-5-7(10(16)17)9(15)6-3-1-2-4-8(6)14/h1-5,11H,(H,16,17). The number of alkyl halides is 2. The summed E-state index contributed by atoms with van der Waals surface area (Å²) in [7, 11) is 0. The van der Waals surface area contributed by atoms with Crippen molar-refractivity contribution >= 4 is 16.9 Å². The Hall–Kier alpha value is -2.24. The van der Waals surface area contributed by atoms with Crippen LogP contribution in [0.15, 0.2) is 35.3 Å². The van der Waals surface area contributed by atoms with E-state index in [0.29, 0.717) is 10.8 Å². The van der Waals surface area contributed by atoms with Gasteiger partial charge < -0.3 is 5.11 Å². The number of aromatic carboxylic acids is 1. The van der Waals surface area contributed by atoms with Crippen LogP contribution in [0.5, 0.6) is 0 Å². The minimum absolute atomic E-state index is 0.0116. The van der Waals surface area contributed by atoms with E-state index in [9.17, 15) is 18.4 Å². The van der Waals surface area contributed by atoms with Crippen molar-refractivity contribution in [2.75, 3.05) is 0 Å². The molecule has 0 aliphatic rings. The van der Waals surface area contributed by atoms with Gasteiger partial charge in [-0.25, -0.2) is 4.79 Å². The first kappa shape index (κ1) is 11.3. The molecule has 4 nitrogen and oxygen atoms in total. The molecule has 0 unspecified atom stereocenters. The Kier molecular flexibility index (Phi) is 2.63. The van der Waals surface area contributed by atoms with Gasteiger partial charge in [0, 0.05) is 11.6 Å². The number of carboxylic acid groups (broad SMARTS) is 1. The maximum absolute atomic E-state index is 12.7. The molecule has 0 saturated heterocycles. The molecule has 2 rings (SSSR count). The van der Waals surface area contributed by atoms with Crippen molar-refractivity contribution in [3.05, 3.63) is 46.2 Å². The Morgan fingerprint density at radius 2 is 1.94 bits per heavy atom. The fourth-order valence-electron chi connectivity index (χ4n) is 1.62. The summed E-state index contributed by atoms with van der Waals surface area (Å²) in [5, 5.41) is 8.74. The van der Waals surface area contributed by atoms with Crippen LogP contribution in [-0.4, -0.2) is 15.6 Å². The second-order valence-corrected chi connectivity index (χ2v) is 3.38. The molecule has 1 aromatic carbocycles. The van der Waals surface area contributed by atoms with Crippen LogP contribution in [0.1, 0.15) is 16.9 Å². The lowest BCUT2D eigenvalue weighted by atomic mass is 10.1. The molecule has 0 spiro atoms. The molecule has 88 valence electrons. The Morgan fingerprint density at radius 3 is 2.53 bits per heavy atom. The lowest BCUT2D eigenvalue weighted by molar-refractivity contribution is 0.0674. The molecule has 0 bridgehead atoms. The Bertz CT molecular complexity index is 649. The molecule has 1 heterocycles. The average molecular weight is 239 g/mol.